The van der Waals surface area contributed by atoms with Crippen LogP contribution in [0.1, 0.15) is 49.8 Å². The molecule has 0 aromatic heterocycles. The molecule has 0 aliphatic rings. The highest BCUT2D eigenvalue weighted by atomic mass is 35.5. The Labute approximate surface area is 263 Å². The van der Waals surface area contributed by atoms with Crippen LogP contribution in [0.2, 0.25) is 15.1 Å². The van der Waals surface area contributed by atoms with Crippen molar-refractivity contribution in [2.24, 2.45) is 0 Å². The number of rotatable bonds is 13. The van der Waals surface area contributed by atoms with Crippen molar-refractivity contribution in [2.45, 2.75) is 64.4 Å². The highest BCUT2D eigenvalue weighted by Crippen LogP contribution is 2.30. The van der Waals surface area contributed by atoms with Crippen LogP contribution in [-0.4, -0.2) is 44.3 Å². The quantitative estimate of drug-likeness (QED) is 0.198. The van der Waals surface area contributed by atoms with Crippen molar-refractivity contribution in [1.82, 2.24) is 10.2 Å². The first-order valence-electron chi connectivity index (χ1n) is 13.8. The van der Waals surface area contributed by atoms with Gasteiger partial charge >= 0.3 is 0 Å². The van der Waals surface area contributed by atoms with E-state index in [9.17, 15) is 18.0 Å². The Morgan fingerprint density at radius 2 is 1.55 bits per heavy atom. The van der Waals surface area contributed by atoms with Crippen LogP contribution in [0.25, 0.3) is 0 Å². The number of carbonyl (C=O) groups is 2. The molecule has 0 spiro atoms. The topological polar surface area (TPSA) is 86.8 Å². The molecule has 0 heterocycles. The number of hydrogen-bond acceptors (Lipinski definition) is 4. The predicted octanol–water partition coefficient (Wildman–Crippen LogP) is 7.18. The van der Waals surface area contributed by atoms with Crippen LogP contribution in [0, 0.1) is 13.8 Å². The molecule has 0 bridgehead atoms. The maximum absolute atomic E-state index is 14.2. The average Bonchev–Trinajstić information content (AvgIpc) is 2.93. The fourth-order valence-electron chi connectivity index (χ4n) is 4.51. The summed E-state index contributed by atoms with van der Waals surface area (Å²) < 4.78 is 29.2. The summed E-state index contributed by atoms with van der Waals surface area (Å²) in [4.78, 5) is 28.9. The van der Waals surface area contributed by atoms with Crippen molar-refractivity contribution in [3.05, 3.63) is 92.4 Å². The second-order valence-corrected chi connectivity index (χ2v) is 13.2. The van der Waals surface area contributed by atoms with Gasteiger partial charge in [-0.1, -0.05) is 78.8 Å². The van der Waals surface area contributed by atoms with Gasteiger partial charge in [0.2, 0.25) is 11.8 Å². The molecule has 42 heavy (non-hydrogen) atoms. The first-order valence-corrected chi connectivity index (χ1v) is 16.3. The number of halogens is 3. The summed E-state index contributed by atoms with van der Waals surface area (Å²) in [5, 5.41) is 4.10. The van der Waals surface area contributed by atoms with Crippen molar-refractivity contribution < 1.29 is 18.0 Å². The van der Waals surface area contributed by atoms with Gasteiger partial charge in [-0.15, -0.1) is 0 Å². The largest absolute Gasteiger partial charge is 0.354 e. The van der Waals surface area contributed by atoms with Crippen LogP contribution in [0.5, 0.6) is 0 Å². The number of nitrogens with one attached hydrogen (secondary N) is 1. The van der Waals surface area contributed by atoms with Gasteiger partial charge in [0.1, 0.15) is 12.6 Å². The van der Waals surface area contributed by atoms with E-state index >= 15 is 0 Å². The SMILES string of the molecule is CCCCNC(=O)[C@H](CC)N(Cc1ccc(Cl)cc1Cl)C(=O)CN(c1ccc(Cl)cc1C)S(=O)(=O)c1ccc(C)cc1. The van der Waals surface area contributed by atoms with E-state index in [-0.39, 0.29) is 17.3 Å². The van der Waals surface area contributed by atoms with E-state index in [2.05, 4.69) is 5.32 Å². The second-order valence-electron chi connectivity index (χ2n) is 10.1. The third-order valence-corrected chi connectivity index (χ3v) is 9.48. The van der Waals surface area contributed by atoms with Crippen molar-refractivity contribution in [3.63, 3.8) is 0 Å². The molecule has 0 aliphatic carbocycles. The van der Waals surface area contributed by atoms with Crippen molar-refractivity contribution in [2.75, 3.05) is 17.4 Å². The number of aryl methyl sites for hydroxylation is 2. The standard InChI is InChI=1S/C31H36Cl3N3O4S/c1-5-7-16-35-31(39)28(6-2)36(19-23-10-11-25(33)18-27(23)34)30(38)20-37(29-15-12-24(32)17-22(29)4)42(40,41)26-13-8-21(3)9-14-26/h8-15,17-18,28H,5-7,16,19-20H2,1-4H3,(H,35,39)/t28-/m0/s1. The van der Waals surface area contributed by atoms with Gasteiger partial charge in [0.05, 0.1) is 10.6 Å². The van der Waals surface area contributed by atoms with Gasteiger partial charge in [0, 0.05) is 28.2 Å². The zero-order valence-electron chi connectivity index (χ0n) is 24.2. The van der Waals surface area contributed by atoms with Gasteiger partial charge in [0.25, 0.3) is 10.0 Å². The lowest BCUT2D eigenvalue weighted by Gasteiger charge is -2.33. The molecule has 11 heteroatoms. The fourth-order valence-corrected chi connectivity index (χ4v) is 6.68. The predicted molar refractivity (Wildman–Crippen MR) is 171 cm³/mol. The number of carbonyl (C=O) groups excluding carboxylic acids is 2. The van der Waals surface area contributed by atoms with E-state index in [1.807, 2.05) is 13.8 Å². The molecule has 3 rings (SSSR count). The third-order valence-electron chi connectivity index (χ3n) is 6.89. The van der Waals surface area contributed by atoms with Crippen LogP contribution in [-0.2, 0) is 26.2 Å². The smallest absolute Gasteiger partial charge is 0.264 e. The van der Waals surface area contributed by atoms with E-state index in [1.165, 1.54) is 17.0 Å². The summed E-state index contributed by atoms with van der Waals surface area (Å²) in [7, 11) is -4.19. The number of anilines is 1. The average molecular weight is 653 g/mol. The molecule has 1 N–H and O–H groups in total. The molecular formula is C31H36Cl3N3O4S. The lowest BCUT2D eigenvalue weighted by atomic mass is 10.1. The van der Waals surface area contributed by atoms with Crippen LogP contribution in [0.15, 0.2) is 65.6 Å². The summed E-state index contributed by atoms with van der Waals surface area (Å²) in [5.74, 6) is -0.886. The first-order chi connectivity index (χ1) is 19.9. The zero-order valence-corrected chi connectivity index (χ0v) is 27.2. The lowest BCUT2D eigenvalue weighted by molar-refractivity contribution is -0.140. The van der Waals surface area contributed by atoms with Crippen LogP contribution in [0.3, 0.4) is 0 Å². The molecule has 0 radical (unpaired) electrons. The summed E-state index contributed by atoms with van der Waals surface area (Å²) in [6.07, 6.45) is 1.99. The molecule has 2 amide bonds. The molecule has 226 valence electrons. The molecule has 3 aromatic carbocycles. The number of unbranched alkanes of at least 4 members (excludes halogenated alkanes) is 1. The Bertz CT molecular complexity index is 1510. The summed E-state index contributed by atoms with van der Waals surface area (Å²) in [5.41, 5.74) is 2.34. The van der Waals surface area contributed by atoms with E-state index in [4.69, 9.17) is 34.8 Å². The number of nitrogens with zero attached hydrogens (tertiary/aromatic N) is 2. The minimum absolute atomic E-state index is 0.0213. The molecule has 0 saturated heterocycles. The van der Waals surface area contributed by atoms with Crippen LogP contribution in [0.4, 0.5) is 5.69 Å². The maximum Gasteiger partial charge on any atom is 0.264 e. The molecule has 0 aliphatic heterocycles. The van der Waals surface area contributed by atoms with Gasteiger partial charge in [0.15, 0.2) is 0 Å². The minimum atomic E-state index is -4.19. The van der Waals surface area contributed by atoms with Crippen LogP contribution < -0.4 is 9.62 Å². The van der Waals surface area contributed by atoms with Gasteiger partial charge in [-0.25, -0.2) is 8.42 Å². The minimum Gasteiger partial charge on any atom is -0.354 e. The summed E-state index contributed by atoms with van der Waals surface area (Å²) >= 11 is 18.7. The van der Waals surface area contributed by atoms with E-state index in [1.54, 1.807) is 62.4 Å². The van der Waals surface area contributed by atoms with E-state index in [0.29, 0.717) is 44.8 Å². The normalized spacial score (nSPS) is 12.1. The Balaban J connectivity index is 2.09. The van der Waals surface area contributed by atoms with Gasteiger partial charge < -0.3 is 10.2 Å². The maximum atomic E-state index is 14.2. The third kappa shape index (κ3) is 8.40. The number of amides is 2. The molecule has 7 nitrogen and oxygen atoms in total. The Morgan fingerprint density at radius 1 is 0.905 bits per heavy atom. The molecule has 0 fully saturated rings. The van der Waals surface area contributed by atoms with E-state index in [0.717, 1.165) is 22.7 Å². The Morgan fingerprint density at radius 3 is 2.14 bits per heavy atom. The second kappa shape index (κ2) is 15.1. The number of benzene rings is 3. The van der Waals surface area contributed by atoms with Crippen LogP contribution >= 0.6 is 34.8 Å². The highest BCUT2D eigenvalue weighted by molar-refractivity contribution is 7.92. The molecule has 1 atom stereocenters. The number of sulfonamides is 1. The highest BCUT2D eigenvalue weighted by Gasteiger charge is 2.34. The molecular weight excluding hydrogens is 617 g/mol. The van der Waals surface area contributed by atoms with E-state index < -0.39 is 28.5 Å². The molecule has 0 unspecified atom stereocenters. The Hall–Kier alpha value is -2.78. The molecule has 0 saturated carbocycles. The van der Waals surface area contributed by atoms with Gasteiger partial charge in [-0.2, -0.15) is 0 Å². The van der Waals surface area contributed by atoms with Gasteiger partial charge in [-0.3, -0.25) is 13.9 Å². The number of hydrogen-bond donors (Lipinski definition) is 1. The summed E-state index contributed by atoms with van der Waals surface area (Å²) in [6.45, 7) is 7.30. The zero-order chi connectivity index (χ0) is 31.0. The fraction of sp³-hybridized carbons (Fsp3) is 0.355. The molecule has 3 aromatic rings. The summed E-state index contributed by atoms with van der Waals surface area (Å²) in [6, 6.07) is 15.2. The van der Waals surface area contributed by atoms with Crippen molar-refractivity contribution >= 4 is 62.3 Å². The first kappa shape index (κ1) is 33.7. The Kier molecular flexibility index (Phi) is 12.1. The monoisotopic (exact) mass is 651 g/mol. The van der Waals surface area contributed by atoms with Gasteiger partial charge in [-0.05, 0) is 80.3 Å². The van der Waals surface area contributed by atoms with Crippen molar-refractivity contribution in [3.8, 4) is 0 Å². The van der Waals surface area contributed by atoms with Crippen molar-refractivity contribution in [1.29, 1.82) is 0 Å². The lowest BCUT2D eigenvalue weighted by Crippen LogP contribution is -2.52.